The molecule has 0 N–H and O–H groups in total. The molecule has 0 fully saturated rings. The fourth-order valence-electron chi connectivity index (χ4n) is 3.27. The third-order valence-electron chi connectivity index (χ3n) is 4.42. The Kier molecular flexibility index (Phi) is 3.73. The molecule has 2 aromatic rings. The van der Waals surface area contributed by atoms with Crippen LogP contribution < -0.4 is 0 Å². The van der Waals surface area contributed by atoms with Crippen LogP contribution in [0.5, 0.6) is 0 Å². The van der Waals surface area contributed by atoms with Crippen LogP contribution in [0.4, 0.5) is 13.2 Å². The number of nitrogens with zero attached hydrogens (tertiary/aromatic N) is 1. The molecule has 22 heavy (non-hydrogen) atoms. The second kappa shape index (κ2) is 5.43. The fourth-order valence-corrected chi connectivity index (χ4v) is 3.27. The second-order valence-electron chi connectivity index (χ2n) is 5.90. The lowest BCUT2D eigenvalue weighted by Gasteiger charge is -2.36. The molecule has 0 aliphatic carbocycles. The number of benzene rings is 2. The highest BCUT2D eigenvalue weighted by molar-refractivity contribution is 5.44. The van der Waals surface area contributed by atoms with Crippen molar-refractivity contribution < 1.29 is 13.2 Å². The summed E-state index contributed by atoms with van der Waals surface area (Å²) in [6.07, 6.45) is -3.31. The lowest BCUT2D eigenvalue weighted by atomic mass is 9.85. The van der Waals surface area contributed by atoms with Crippen LogP contribution in [0.2, 0.25) is 0 Å². The summed E-state index contributed by atoms with van der Waals surface area (Å²) >= 11 is 0. The Morgan fingerprint density at radius 3 is 2.36 bits per heavy atom. The molecule has 1 heterocycles. The summed E-state index contributed by atoms with van der Waals surface area (Å²) in [4.78, 5) is 2.21. The number of hydrogen-bond acceptors (Lipinski definition) is 1. The van der Waals surface area contributed by atoms with Gasteiger partial charge in [0, 0.05) is 6.54 Å². The Balaban J connectivity index is 2.05. The average Bonchev–Trinajstić information content (AvgIpc) is 2.47. The normalized spacial score (nSPS) is 19.0. The van der Waals surface area contributed by atoms with Crippen LogP contribution >= 0.6 is 0 Å². The van der Waals surface area contributed by atoms with Crippen LogP contribution in [-0.2, 0) is 12.6 Å². The van der Waals surface area contributed by atoms with E-state index in [0.29, 0.717) is 0 Å². The summed E-state index contributed by atoms with van der Waals surface area (Å²) in [7, 11) is 2.03. The van der Waals surface area contributed by atoms with E-state index in [1.54, 1.807) is 12.1 Å². The Labute approximate surface area is 128 Å². The number of fused-ring (bicyclic) bond motifs is 1. The lowest BCUT2D eigenvalue weighted by Crippen LogP contribution is -2.33. The molecule has 2 aromatic carbocycles. The molecule has 0 radical (unpaired) electrons. The first-order valence-corrected chi connectivity index (χ1v) is 7.33. The van der Waals surface area contributed by atoms with Crippen molar-refractivity contribution in [1.29, 1.82) is 0 Å². The maximum Gasteiger partial charge on any atom is 0.416 e. The number of likely N-dealkylation sites (N-methyl/N-ethyl adjacent to an activating group) is 1. The SMILES string of the molecule is Cc1cccc2c1C(c1ccc(C(F)(F)F)cc1)N(C)CC2. The summed E-state index contributed by atoms with van der Waals surface area (Å²) in [6, 6.07) is 11.8. The molecule has 1 atom stereocenters. The van der Waals surface area contributed by atoms with Crippen LogP contribution in [0.15, 0.2) is 42.5 Å². The molecule has 0 aromatic heterocycles. The maximum absolute atomic E-state index is 12.7. The average molecular weight is 305 g/mol. The van der Waals surface area contributed by atoms with E-state index >= 15 is 0 Å². The molecule has 3 rings (SSSR count). The summed E-state index contributed by atoms with van der Waals surface area (Å²) in [5, 5.41) is 0. The number of halogens is 3. The van der Waals surface area contributed by atoms with Gasteiger partial charge in [0.2, 0.25) is 0 Å². The van der Waals surface area contributed by atoms with Crippen molar-refractivity contribution in [1.82, 2.24) is 4.90 Å². The Morgan fingerprint density at radius 1 is 1.05 bits per heavy atom. The first-order valence-electron chi connectivity index (χ1n) is 7.33. The summed E-state index contributed by atoms with van der Waals surface area (Å²) < 4.78 is 38.2. The lowest BCUT2D eigenvalue weighted by molar-refractivity contribution is -0.137. The molecule has 0 bridgehead atoms. The van der Waals surface area contributed by atoms with Gasteiger partial charge in [0.25, 0.3) is 0 Å². The molecule has 0 spiro atoms. The van der Waals surface area contributed by atoms with E-state index < -0.39 is 11.7 Å². The summed E-state index contributed by atoms with van der Waals surface area (Å²) in [5.74, 6) is 0. The van der Waals surface area contributed by atoms with Gasteiger partial charge in [0.05, 0.1) is 11.6 Å². The van der Waals surface area contributed by atoms with Gasteiger partial charge < -0.3 is 0 Å². The van der Waals surface area contributed by atoms with E-state index in [0.717, 1.165) is 18.5 Å². The molecule has 1 aliphatic rings. The van der Waals surface area contributed by atoms with Gasteiger partial charge in [-0.3, -0.25) is 4.90 Å². The van der Waals surface area contributed by atoms with Gasteiger partial charge >= 0.3 is 6.18 Å². The highest BCUT2D eigenvalue weighted by Gasteiger charge is 2.32. The molecule has 116 valence electrons. The zero-order chi connectivity index (χ0) is 15.9. The molecule has 1 aliphatic heterocycles. The topological polar surface area (TPSA) is 3.24 Å². The standard InChI is InChI=1S/C18H18F3N/c1-12-4-3-5-13-10-11-22(2)17(16(12)13)14-6-8-15(9-7-14)18(19,20)21/h3-9,17H,10-11H2,1-2H3. The zero-order valence-corrected chi connectivity index (χ0v) is 12.6. The molecule has 1 unspecified atom stereocenters. The third-order valence-corrected chi connectivity index (χ3v) is 4.42. The minimum absolute atomic E-state index is 0.0206. The predicted molar refractivity (Wildman–Crippen MR) is 80.8 cm³/mol. The van der Waals surface area contributed by atoms with Crippen molar-refractivity contribution in [3.05, 3.63) is 70.3 Å². The van der Waals surface area contributed by atoms with Gasteiger partial charge in [0.1, 0.15) is 0 Å². The second-order valence-corrected chi connectivity index (χ2v) is 5.90. The highest BCUT2D eigenvalue weighted by atomic mass is 19.4. The molecule has 0 saturated heterocycles. The number of rotatable bonds is 1. The minimum Gasteiger partial charge on any atom is -0.295 e. The largest absolute Gasteiger partial charge is 0.416 e. The van der Waals surface area contributed by atoms with Crippen LogP contribution in [0.1, 0.15) is 33.9 Å². The monoisotopic (exact) mass is 305 g/mol. The van der Waals surface area contributed by atoms with Crippen molar-refractivity contribution >= 4 is 0 Å². The minimum atomic E-state index is -4.29. The van der Waals surface area contributed by atoms with E-state index in [1.165, 1.54) is 28.8 Å². The summed E-state index contributed by atoms with van der Waals surface area (Å²) in [6.45, 7) is 2.97. The number of aryl methyl sites for hydroxylation is 1. The van der Waals surface area contributed by atoms with Crippen molar-refractivity contribution in [2.75, 3.05) is 13.6 Å². The van der Waals surface area contributed by atoms with Crippen LogP contribution in [0, 0.1) is 6.92 Å². The number of alkyl halides is 3. The van der Waals surface area contributed by atoms with E-state index in [-0.39, 0.29) is 6.04 Å². The highest BCUT2D eigenvalue weighted by Crippen LogP contribution is 2.37. The number of hydrogen-bond donors (Lipinski definition) is 0. The van der Waals surface area contributed by atoms with E-state index in [4.69, 9.17) is 0 Å². The van der Waals surface area contributed by atoms with E-state index in [9.17, 15) is 13.2 Å². The van der Waals surface area contributed by atoms with Crippen LogP contribution in [0.25, 0.3) is 0 Å². The fraction of sp³-hybridized carbons (Fsp3) is 0.333. The molecule has 1 nitrogen and oxygen atoms in total. The Bertz CT molecular complexity index is 674. The van der Waals surface area contributed by atoms with Gasteiger partial charge in [-0.15, -0.1) is 0 Å². The Hall–Kier alpha value is -1.81. The first-order chi connectivity index (χ1) is 10.4. The molecule has 0 amide bonds. The van der Waals surface area contributed by atoms with Crippen LogP contribution in [0.3, 0.4) is 0 Å². The van der Waals surface area contributed by atoms with Crippen molar-refractivity contribution in [2.45, 2.75) is 25.6 Å². The van der Waals surface area contributed by atoms with Gasteiger partial charge in [-0.05, 0) is 54.8 Å². The molecular formula is C18H18F3N. The van der Waals surface area contributed by atoms with Crippen molar-refractivity contribution in [3.63, 3.8) is 0 Å². The molecular weight excluding hydrogens is 287 g/mol. The van der Waals surface area contributed by atoms with Gasteiger partial charge in [-0.2, -0.15) is 13.2 Å². The van der Waals surface area contributed by atoms with E-state index in [1.807, 2.05) is 13.1 Å². The smallest absolute Gasteiger partial charge is 0.295 e. The van der Waals surface area contributed by atoms with Gasteiger partial charge in [-0.25, -0.2) is 0 Å². The Morgan fingerprint density at radius 2 is 1.73 bits per heavy atom. The third kappa shape index (κ3) is 2.63. The van der Waals surface area contributed by atoms with Crippen molar-refractivity contribution in [3.8, 4) is 0 Å². The molecule has 0 saturated carbocycles. The maximum atomic E-state index is 12.7. The zero-order valence-electron chi connectivity index (χ0n) is 12.6. The van der Waals surface area contributed by atoms with Crippen LogP contribution in [-0.4, -0.2) is 18.5 Å². The van der Waals surface area contributed by atoms with Crippen molar-refractivity contribution in [2.24, 2.45) is 0 Å². The quantitative estimate of drug-likeness (QED) is 0.745. The van der Waals surface area contributed by atoms with Gasteiger partial charge in [0.15, 0.2) is 0 Å². The summed E-state index contributed by atoms with van der Waals surface area (Å²) in [5.41, 5.74) is 4.03. The molecule has 4 heteroatoms. The predicted octanol–water partition coefficient (Wildman–Crippen LogP) is 4.59. The van der Waals surface area contributed by atoms with Gasteiger partial charge in [-0.1, -0.05) is 30.3 Å². The first kappa shape index (κ1) is 15.1. The van der Waals surface area contributed by atoms with E-state index in [2.05, 4.69) is 24.0 Å².